The number of aryl methyl sites for hydroxylation is 1. The van der Waals surface area contributed by atoms with Crippen LogP contribution in [0.3, 0.4) is 0 Å². The molecular formula is C18H27N3O. The van der Waals surface area contributed by atoms with Crippen molar-refractivity contribution in [1.82, 2.24) is 10.2 Å². The standard InChI is InChI=1S/C18H27N3O/c1-15-4-2-5-17(14-15)21-12-10-20(11-13-21)9-3-8-19-18(22)16-6-7-16/h2,4-5,14,16H,3,6-13H2,1H3,(H,19,22). The Kier molecular flexibility index (Phi) is 4.98. The Morgan fingerprint density at radius 3 is 2.68 bits per heavy atom. The number of nitrogens with zero attached hydrogens (tertiary/aromatic N) is 2. The van der Waals surface area contributed by atoms with Gasteiger partial charge in [0.05, 0.1) is 0 Å². The van der Waals surface area contributed by atoms with Crippen LogP contribution < -0.4 is 10.2 Å². The predicted molar refractivity (Wildman–Crippen MR) is 90.2 cm³/mol. The second-order valence-corrected chi connectivity index (χ2v) is 6.59. The monoisotopic (exact) mass is 301 g/mol. The predicted octanol–water partition coefficient (Wildman–Crippen LogP) is 2.03. The molecule has 2 aliphatic rings. The fourth-order valence-corrected chi connectivity index (χ4v) is 3.06. The fraction of sp³-hybridized carbons (Fsp3) is 0.611. The molecule has 0 aromatic heterocycles. The molecule has 0 radical (unpaired) electrons. The summed E-state index contributed by atoms with van der Waals surface area (Å²) in [4.78, 5) is 16.5. The molecule has 1 aromatic carbocycles. The van der Waals surface area contributed by atoms with E-state index in [1.165, 1.54) is 11.3 Å². The first-order valence-corrected chi connectivity index (χ1v) is 8.54. The van der Waals surface area contributed by atoms with Crippen LogP contribution in [0.1, 0.15) is 24.8 Å². The average Bonchev–Trinajstić information content (AvgIpc) is 3.37. The second kappa shape index (κ2) is 7.14. The van der Waals surface area contributed by atoms with Crippen molar-refractivity contribution in [3.8, 4) is 0 Å². The topological polar surface area (TPSA) is 35.6 Å². The molecule has 0 spiro atoms. The van der Waals surface area contributed by atoms with Crippen molar-refractivity contribution in [2.75, 3.05) is 44.2 Å². The largest absolute Gasteiger partial charge is 0.369 e. The smallest absolute Gasteiger partial charge is 0.223 e. The van der Waals surface area contributed by atoms with Gasteiger partial charge in [0.15, 0.2) is 0 Å². The van der Waals surface area contributed by atoms with E-state index in [1.807, 2.05) is 0 Å². The van der Waals surface area contributed by atoms with Gasteiger partial charge in [0.25, 0.3) is 0 Å². The second-order valence-electron chi connectivity index (χ2n) is 6.59. The minimum absolute atomic E-state index is 0.268. The minimum atomic E-state index is 0.268. The van der Waals surface area contributed by atoms with Gasteiger partial charge in [0, 0.05) is 44.3 Å². The van der Waals surface area contributed by atoms with Gasteiger partial charge in [-0.25, -0.2) is 0 Å². The van der Waals surface area contributed by atoms with Gasteiger partial charge in [-0.1, -0.05) is 12.1 Å². The molecule has 1 heterocycles. The van der Waals surface area contributed by atoms with E-state index < -0.39 is 0 Å². The first-order chi connectivity index (χ1) is 10.7. The molecule has 1 aliphatic carbocycles. The summed E-state index contributed by atoms with van der Waals surface area (Å²) in [5.41, 5.74) is 2.67. The summed E-state index contributed by atoms with van der Waals surface area (Å²) < 4.78 is 0. The van der Waals surface area contributed by atoms with Crippen molar-refractivity contribution in [3.63, 3.8) is 0 Å². The molecule has 0 unspecified atom stereocenters. The van der Waals surface area contributed by atoms with E-state index in [9.17, 15) is 4.79 Å². The van der Waals surface area contributed by atoms with Crippen LogP contribution in [0.2, 0.25) is 0 Å². The van der Waals surface area contributed by atoms with Gasteiger partial charge in [0.2, 0.25) is 5.91 Å². The minimum Gasteiger partial charge on any atom is -0.369 e. The number of amides is 1. The van der Waals surface area contributed by atoms with Crippen molar-refractivity contribution in [3.05, 3.63) is 29.8 Å². The van der Waals surface area contributed by atoms with Crippen molar-refractivity contribution in [2.24, 2.45) is 5.92 Å². The molecule has 1 saturated heterocycles. The van der Waals surface area contributed by atoms with Crippen molar-refractivity contribution >= 4 is 11.6 Å². The number of carbonyl (C=O) groups is 1. The lowest BCUT2D eigenvalue weighted by molar-refractivity contribution is -0.122. The highest BCUT2D eigenvalue weighted by molar-refractivity contribution is 5.80. The maximum Gasteiger partial charge on any atom is 0.223 e. The summed E-state index contributed by atoms with van der Waals surface area (Å²) in [5, 5.41) is 3.05. The first-order valence-electron chi connectivity index (χ1n) is 8.54. The van der Waals surface area contributed by atoms with E-state index in [1.54, 1.807) is 0 Å². The molecule has 4 nitrogen and oxygen atoms in total. The van der Waals surface area contributed by atoms with E-state index in [0.29, 0.717) is 5.92 Å². The van der Waals surface area contributed by atoms with E-state index in [4.69, 9.17) is 0 Å². The van der Waals surface area contributed by atoms with Crippen molar-refractivity contribution < 1.29 is 4.79 Å². The molecule has 0 atom stereocenters. The number of piperazine rings is 1. The number of benzene rings is 1. The normalized spacial score (nSPS) is 19.2. The quantitative estimate of drug-likeness (QED) is 0.817. The summed E-state index contributed by atoms with van der Waals surface area (Å²) in [7, 11) is 0. The highest BCUT2D eigenvalue weighted by Gasteiger charge is 2.29. The molecule has 22 heavy (non-hydrogen) atoms. The summed E-state index contributed by atoms with van der Waals surface area (Å²) in [6.45, 7) is 8.49. The van der Waals surface area contributed by atoms with Gasteiger partial charge in [-0.3, -0.25) is 9.69 Å². The van der Waals surface area contributed by atoms with Gasteiger partial charge in [-0.15, -0.1) is 0 Å². The van der Waals surface area contributed by atoms with Crippen LogP contribution in [0.25, 0.3) is 0 Å². The molecule has 0 bridgehead atoms. The van der Waals surface area contributed by atoms with Gasteiger partial charge >= 0.3 is 0 Å². The fourth-order valence-electron chi connectivity index (χ4n) is 3.06. The molecule has 1 saturated carbocycles. The Balaban J connectivity index is 1.34. The number of hydrogen-bond donors (Lipinski definition) is 1. The summed E-state index contributed by atoms with van der Waals surface area (Å²) >= 11 is 0. The van der Waals surface area contributed by atoms with Crippen LogP contribution >= 0.6 is 0 Å². The van der Waals surface area contributed by atoms with Crippen molar-refractivity contribution in [1.29, 1.82) is 0 Å². The molecule has 4 heteroatoms. The Labute approximate surface area is 133 Å². The number of hydrogen-bond acceptors (Lipinski definition) is 3. The van der Waals surface area contributed by atoms with Crippen LogP contribution in [0, 0.1) is 12.8 Å². The van der Waals surface area contributed by atoms with E-state index >= 15 is 0 Å². The molecular weight excluding hydrogens is 274 g/mol. The Hall–Kier alpha value is -1.55. The highest BCUT2D eigenvalue weighted by atomic mass is 16.2. The zero-order chi connectivity index (χ0) is 15.4. The van der Waals surface area contributed by atoms with Gasteiger partial charge in [-0.2, -0.15) is 0 Å². The Bertz CT molecular complexity index is 505. The van der Waals surface area contributed by atoms with E-state index in [0.717, 1.165) is 58.5 Å². The molecule has 1 N–H and O–H groups in total. The molecule has 1 amide bonds. The lowest BCUT2D eigenvalue weighted by Crippen LogP contribution is -2.47. The Morgan fingerprint density at radius 1 is 1.23 bits per heavy atom. The third-order valence-corrected chi connectivity index (χ3v) is 4.64. The maximum atomic E-state index is 11.6. The number of anilines is 1. The zero-order valence-corrected chi connectivity index (χ0v) is 13.6. The van der Waals surface area contributed by atoms with E-state index in [2.05, 4.69) is 46.3 Å². The van der Waals surface area contributed by atoms with Gasteiger partial charge in [0.1, 0.15) is 0 Å². The zero-order valence-electron chi connectivity index (χ0n) is 13.6. The van der Waals surface area contributed by atoms with Crippen LogP contribution in [-0.2, 0) is 4.79 Å². The number of rotatable bonds is 6. The molecule has 120 valence electrons. The number of nitrogens with one attached hydrogen (secondary N) is 1. The molecule has 1 aliphatic heterocycles. The molecule has 2 fully saturated rings. The van der Waals surface area contributed by atoms with Crippen molar-refractivity contribution in [2.45, 2.75) is 26.2 Å². The highest BCUT2D eigenvalue weighted by Crippen LogP contribution is 2.28. The average molecular weight is 301 g/mol. The summed E-state index contributed by atoms with van der Waals surface area (Å²) in [6.07, 6.45) is 3.24. The van der Waals surface area contributed by atoms with Crippen LogP contribution in [0.5, 0.6) is 0 Å². The summed E-state index contributed by atoms with van der Waals surface area (Å²) in [5.74, 6) is 0.599. The Morgan fingerprint density at radius 2 is 2.00 bits per heavy atom. The third kappa shape index (κ3) is 4.23. The van der Waals surface area contributed by atoms with Crippen LogP contribution in [0.4, 0.5) is 5.69 Å². The lowest BCUT2D eigenvalue weighted by atomic mass is 10.2. The van der Waals surface area contributed by atoms with E-state index in [-0.39, 0.29) is 5.91 Å². The van der Waals surface area contributed by atoms with Gasteiger partial charge in [-0.05, 0) is 50.4 Å². The lowest BCUT2D eigenvalue weighted by Gasteiger charge is -2.36. The molecule has 3 rings (SSSR count). The number of carbonyl (C=O) groups excluding carboxylic acids is 1. The first kappa shape index (κ1) is 15.3. The SMILES string of the molecule is Cc1cccc(N2CCN(CCCNC(=O)C3CC3)CC2)c1. The molecule has 1 aromatic rings. The summed E-state index contributed by atoms with van der Waals surface area (Å²) in [6, 6.07) is 8.76. The van der Waals surface area contributed by atoms with Crippen LogP contribution in [-0.4, -0.2) is 50.1 Å². The third-order valence-electron chi connectivity index (χ3n) is 4.64. The van der Waals surface area contributed by atoms with Crippen LogP contribution in [0.15, 0.2) is 24.3 Å². The van der Waals surface area contributed by atoms with Gasteiger partial charge < -0.3 is 10.2 Å². The maximum absolute atomic E-state index is 11.6.